The molecule has 1 aromatic heterocycles. The van der Waals surface area contributed by atoms with Crippen molar-refractivity contribution < 1.29 is 19.1 Å². The summed E-state index contributed by atoms with van der Waals surface area (Å²) < 4.78 is 10.7. The fourth-order valence-corrected chi connectivity index (χ4v) is 2.55. The van der Waals surface area contributed by atoms with Crippen LogP contribution in [0.25, 0.3) is 11.0 Å². The van der Waals surface area contributed by atoms with Crippen molar-refractivity contribution in [2.45, 2.75) is 18.4 Å². The molecule has 5 heteroatoms. The van der Waals surface area contributed by atoms with Crippen LogP contribution in [0.15, 0.2) is 34.9 Å². The van der Waals surface area contributed by atoms with E-state index >= 15 is 0 Å². The number of furan rings is 1. The van der Waals surface area contributed by atoms with E-state index in [0.29, 0.717) is 37.2 Å². The first kappa shape index (κ1) is 13.1. The zero-order valence-corrected chi connectivity index (χ0v) is 11.1. The smallest absolute Gasteiger partial charge is 0.255 e. The third-order valence-electron chi connectivity index (χ3n) is 3.86. The molecule has 0 saturated carbocycles. The van der Waals surface area contributed by atoms with Crippen LogP contribution in [0, 0.1) is 0 Å². The fourth-order valence-electron chi connectivity index (χ4n) is 2.55. The zero-order valence-electron chi connectivity index (χ0n) is 11.1. The van der Waals surface area contributed by atoms with Gasteiger partial charge in [0, 0.05) is 18.6 Å². The number of nitrogens with one attached hydrogen (secondary N) is 1. The molecule has 1 amide bonds. The number of amides is 1. The summed E-state index contributed by atoms with van der Waals surface area (Å²) >= 11 is 0. The van der Waals surface area contributed by atoms with Crippen molar-refractivity contribution in [1.82, 2.24) is 5.32 Å². The highest BCUT2D eigenvalue weighted by Crippen LogP contribution is 2.24. The molecule has 0 atom stereocenters. The maximum absolute atomic E-state index is 12.4. The van der Waals surface area contributed by atoms with Crippen LogP contribution in [0.5, 0.6) is 0 Å². The predicted octanol–water partition coefficient (Wildman–Crippen LogP) is 1.70. The Morgan fingerprint density at radius 3 is 2.80 bits per heavy atom. The van der Waals surface area contributed by atoms with Gasteiger partial charge in [0.05, 0.1) is 17.7 Å². The molecule has 0 radical (unpaired) electrons. The largest absolute Gasteiger partial charge is 0.463 e. The number of ether oxygens (including phenoxy) is 1. The number of rotatable bonds is 3. The average Bonchev–Trinajstić information content (AvgIpc) is 2.92. The van der Waals surface area contributed by atoms with Crippen LogP contribution in [-0.2, 0) is 4.74 Å². The molecule has 2 aromatic rings. The van der Waals surface area contributed by atoms with Crippen molar-refractivity contribution in [2.75, 3.05) is 19.8 Å². The van der Waals surface area contributed by atoms with E-state index in [9.17, 15) is 9.90 Å². The zero-order chi connectivity index (χ0) is 14.0. The second-order valence-corrected chi connectivity index (χ2v) is 5.15. The minimum Gasteiger partial charge on any atom is -0.463 e. The lowest BCUT2D eigenvalue weighted by molar-refractivity contribution is 0.0125. The number of aliphatic hydroxyl groups is 1. The first-order chi connectivity index (χ1) is 9.74. The van der Waals surface area contributed by atoms with Gasteiger partial charge in [-0.1, -0.05) is 18.2 Å². The third kappa shape index (κ3) is 2.30. The lowest BCUT2D eigenvalue weighted by atomic mass is 9.90. The fraction of sp³-hybridized carbons (Fsp3) is 0.400. The Morgan fingerprint density at radius 2 is 2.05 bits per heavy atom. The standard InChI is InChI=1S/C15H17NO4/c17-10-15(5-7-19-8-6-15)16-14(18)12-9-20-13-4-2-1-3-11(12)13/h1-4,9,17H,5-8,10H2,(H,16,18). The van der Waals surface area contributed by atoms with Gasteiger partial charge in [-0.05, 0) is 18.9 Å². The number of benzene rings is 1. The van der Waals surface area contributed by atoms with E-state index in [2.05, 4.69) is 5.32 Å². The number of para-hydroxylation sites is 1. The van der Waals surface area contributed by atoms with Gasteiger partial charge in [0.1, 0.15) is 11.8 Å². The molecule has 1 aliphatic heterocycles. The molecule has 1 saturated heterocycles. The molecule has 2 heterocycles. The first-order valence-electron chi connectivity index (χ1n) is 6.71. The van der Waals surface area contributed by atoms with E-state index in [1.807, 2.05) is 24.3 Å². The molecule has 1 aliphatic rings. The Bertz CT molecular complexity index is 613. The average molecular weight is 275 g/mol. The summed E-state index contributed by atoms with van der Waals surface area (Å²) in [5.41, 5.74) is 0.593. The van der Waals surface area contributed by atoms with Crippen molar-refractivity contribution >= 4 is 16.9 Å². The maximum atomic E-state index is 12.4. The Kier molecular flexibility index (Phi) is 3.46. The summed E-state index contributed by atoms with van der Waals surface area (Å²) in [5.74, 6) is -0.217. The van der Waals surface area contributed by atoms with E-state index in [4.69, 9.17) is 9.15 Å². The minimum absolute atomic E-state index is 0.0854. The summed E-state index contributed by atoms with van der Waals surface area (Å²) in [7, 11) is 0. The normalized spacial score (nSPS) is 18.1. The van der Waals surface area contributed by atoms with Gasteiger partial charge in [-0.25, -0.2) is 0 Å². The maximum Gasteiger partial charge on any atom is 0.255 e. The third-order valence-corrected chi connectivity index (χ3v) is 3.86. The van der Waals surface area contributed by atoms with E-state index in [0.717, 1.165) is 5.39 Å². The highest BCUT2D eigenvalue weighted by Gasteiger charge is 2.34. The molecule has 2 N–H and O–H groups in total. The van der Waals surface area contributed by atoms with Crippen LogP contribution in [0.1, 0.15) is 23.2 Å². The Labute approximate surface area is 116 Å². The van der Waals surface area contributed by atoms with Crippen LogP contribution in [0.4, 0.5) is 0 Å². The van der Waals surface area contributed by atoms with E-state index in [1.165, 1.54) is 6.26 Å². The van der Waals surface area contributed by atoms with Gasteiger partial charge in [0.2, 0.25) is 0 Å². The van der Waals surface area contributed by atoms with E-state index in [-0.39, 0.29) is 12.5 Å². The van der Waals surface area contributed by atoms with Crippen LogP contribution >= 0.6 is 0 Å². The van der Waals surface area contributed by atoms with Gasteiger partial charge in [0.25, 0.3) is 5.91 Å². The highest BCUT2D eigenvalue weighted by atomic mass is 16.5. The molecule has 5 nitrogen and oxygen atoms in total. The summed E-state index contributed by atoms with van der Waals surface area (Å²) in [6.07, 6.45) is 2.69. The van der Waals surface area contributed by atoms with Crippen LogP contribution in [-0.4, -0.2) is 36.4 Å². The van der Waals surface area contributed by atoms with E-state index in [1.54, 1.807) is 0 Å². The topological polar surface area (TPSA) is 71.7 Å². The quantitative estimate of drug-likeness (QED) is 0.894. The highest BCUT2D eigenvalue weighted by molar-refractivity contribution is 6.06. The molecule has 0 aliphatic carbocycles. The van der Waals surface area contributed by atoms with Gasteiger partial charge >= 0.3 is 0 Å². The Morgan fingerprint density at radius 1 is 1.30 bits per heavy atom. The lowest BCUT2D eigenvalue weighted by Gasteiger charge is -2.36. The van der Waals surface area contributed by atoms with Crippen molar-refractivity contribution in [3.8, 4) is 0 Å². The summed E-state index contributed by atoms with van der Waals surface area (Å²) in [5, 5.41) is 13.3. The number of hydrogen-bond donors (Lipinski definition) is 2. The first-order valence-corrected chi connectivity index (χ1v) is 6.71. The number of carbonyl (C=O) groups is 1. The van der Waals surface area contributed by atoms with Crippen molar-refractivity contribution in [1.29, 1.82) is 0 Å². The predicted molar refractivity (Wildman–Crippen MR) is 73.6 cm³/mol. The van der Waals surface area contributed by atoms with Crippen LogP contribution in [0.2, 0.25) is 0 Å². The molecular formula is C15H17NO4. The minimum atomic E-state index is -0.590. The molecular weight excluding hydrogens is 258 g/mol. The number of hydrogen-bond acceptors (Lipinski definition) is 4. The number of fused-ring (bicyclic) bond motifs is 1. The molecule has 20 heavy (non-hydrogen) atoms. The molecule has 0 bridgehead atoms. The molecule has 106 valence electrons. The second-order valence-electron chi connectivity index (χ2n) is 5.15. The Balaban J connectivity index is 1.85. The molecule has 0 unspecified atom stereocenters. The summed E-state index contributed by atoms with van der Waals surface area (Å²) in [4.78, 5) is 12.4. The molecule has 1 aromatic carbocycles. The van der Waals surface area contributed by atoms with Crippen molar-refractivity contribution in [3.05, 3.63) is 36.1 Å². The monoisotopic (exact) mass is 275 g/mol. The summed E-state index contributed by atoms with van der Waals surface area (Å²) in [6.45, 7) is 1.01. The van der Waals surface area contributed by atoms with Gasteiger partial charge < -0.3 is 19.6 Å². The van der Waals surface area contributed by atoms with Crippen molar-refractivity contribution in [3.63, 3.8) is 0 Å². The molecule has 3 rings (SSSR count). The lowest BCUT2D eigenvalue weighted by Crippen LogP contribution is -2.54. The van der Waals surface area contributed by atoms with Gasteiger partial charge in [0.15, 0.2) is 0 Å². The van der Waals surface area contributed by atoms with Gasteiger partial charge in [-0.3, -0.25) is 4.79 Å². The van der Waals surface area contributed by atoms with E-state index < -0.39 is 5.54 Å². The molecule has 0 spiro atoms. The van der Waals surface area contributed by atoms with Crippen molar-refractivity contribution in [2.24, 2.45) is 0 Å². The number of aliphatic hydroxyl groups excluding tert-OH is 1. The van der Waals surface area contributed by atoms with Crippen LogP contribution < -0.4 is 5.32 Å². The Hall–Kier alpha value is -1.85. The summed E-state index contributed by atoms with van der Waals surface area (Å²) in [6, 6.07) is 7.40. The molecule has 1 fully saturated rings. The second kappa shape index (κ2) is 5.26. The SMILES string of the molecule is O=C(NC1(CO)CCOCC1)c1coc2ccccc12. The van der Waals surface area contributed by atoms with Crippen LogP contribution in [0.3, 0.4) is 0 Å². The van der Waals surface area contributed by atoms with Gasteiger partial charge in [-0.15, -0.1) is 0 Å². The van der Waals surface area contributed by atoms with Gasteiger partial charge in [-0.2, -0.15) is 0 Å². The number of carbonyl (C=O) groups excluding carboxylic acids is 1.